The third-order valence-corrected chi connectivity index (χ3v) is 4.45. The molecule has 0 bridgehead atoms. The first-order valence-electron chi connectivity index (χ1n) is 8.49. The van der Waals surface area contributed by atoms with Crippen molar-refractivity contribution in [1.29, 1.82) is 5.26 Å². The van der Waals surface area contributed by atoms with E-state index in [1.807, 2.05) is 36.4 Å². The summed E-state index contributed by atoms with van der Waals surface area (Å²) in [5, 5.41) is 9.70. The molecule has 0 atom stereocenters. The van der Waals surface area contributed by atoms with Gasteiger partial charge in [-0.15, -0.1) is 0 Å². The summed E-state index contributed by atoms with van der Waals surface area (Å²) in [7, 11) is 1.76. The van der Waals surface area contributed by atoms with Crippen LogP contribution < -0.4 is 4.90 Å². The third-order valence-electron chi connectivity index (χ3n) is 4.45. The van der Waals surface area contributed by atoms with Gasteiger partial charge >= 0.3 is 6.18 Å². The lowest BCUT2D eigenvalue weighted by molar-refractivity contribution is -0.137. The highest BCUT2D eigenvalue weighted by molar-refractivity contribution is 5.94. The normalized spacial score (nSPS) is 11.4. The summed E-state index contributed by atoms with van der Waals surface area (Å²) in [6.45, 7) is 0. The Bertz CT molecular complexity index is 1220. The van der Waals surface area contributed by atoms with Gasteiger partial charge in [-0.2, -0.15) is 18.4 Å². The predicted octanol–water partition coefficient (Wildman–Crippen LogP) is 4.68. The second-order valence-electron chi connectivity index (χ2n) is 6.26. The minimum absolute atomic E-state index is 0.147. The summed E-state index contributed by atoms with van der Waals surface area (Å²) in [6.07, 6.45) is -0.912. The Morgan fingerprint density at radius 1 is 1.10 bits per heavy atom. The zero-order valence-electron chi connectivity index (χ0n) is 15.1. The van der Waals surface area contributed by atoms with Crippen LogP contribution >= 0.6 is 0 Å². The van der Waals surface area contributed by atoms with Gasteiger partial charge in [0.05, 0.1) is 23.0 Å². The minimum atomic E-state index is -4.53. The number of anilines is 2. The summed E-state index contributed by atoms with van der Waals surface area (Å²) in [6, 6.07) is 12.3. The Kier molecular flexibility index (Phi) is 4.39. The fraction of sp³-hybridized carbons (Fsp3) is 0.100. The third kappa shape index (κ3) is 3.36. The number of aromatic nitrogens is 4. The molecule has 3 heterocycles. The lowest BCUT2D eigenvalue weighted by atomic mass is 10.1. The SMILES string of the molecule is CN(c1ccccc1)c1ncc(C#N)c(-c2c[nH]c3ncc(C(F)(F)F)cc23)n1. The number of hydrogen-bond acceptors (Lipinski definition) is 5. The Balaban J connectivity index is 1.87. The largest absolute Gasteiger partial charge is 0.417 e. The monoisotopic (exact) mass is 394 g/mol. The average molecular weight is 394 g/mol. The average Bonchev–Trinajstić information content (AvgIpc) is 3.16. The van der Waals surface area contributed by atoms with Crippen LogP contribution in [-0.2, 0) is 6.18 Å². The zero-order chi connectivity index (χ0) is 20.6. The number of hydrogen-bond donors (Lipinski definition) is 1. The highest BCUT2D eigenvalue weighted by Crippen LogP contribution is 2.35. The molecule has 0 spiro atoms. The molecule has 0 aliphatic heterocycles. The topological polar surface area (TPSA) is 81.5 Å². The van der Waals surface area contributed by atoms with Crippen molar-refractivity contribution in [2.24, 2.45) is 0 Å². The van der Waals surface area contributed by atoms with Gasteiger partial charge in [-0.25, -0.2) is 15.0 Å². The van der Waals surface area contributed by atoms with Gasteiger partial charge in [0.25, 0.3) is 0 Å². The first-order valence-corrected chi connectivity index (χ1v) is 8.49. The summed E-state index contributed by atoms with van der Waals surface area (Å²) in [4.78, 5) is 17.1. The van der Waals surface area contributed by atoms with Crippen molar-refractivity contribution in [3.8, 4) is 17.3 Å². The summed E-state index contributed by atoms with van der Waals surface area (Å²) < 4.78 is 39.4. The number of fused-ring (bicyclic) bond motifs is 1. The van der Waals surface area contributed by atoms with E-state index in [4.69, 9.17) is 0 Å². The fourth-order valence-electron chi connectivity index (χ4n) is 2.94. The number of nitriles is 1. The lowest BCUT2D eigenvalue weighted by Gasteiger charge is -2.18. The fourth-order valence-corrected chi connectivity index (χ4v) is 2.94. The highest BCUT2D eigenvalue weighted by atomic mass is 19.4. The molecule has 0 aliphatic rings. The molecular formula is C20H13F3N6. The molecule has 0 unspecified atom stereocenters. The van der Waals surface area contributed by atoms with Crippen molar-refractivity contribution >= 4 is 22.7 Å². The molecule has 0 radical (unpaired) electrons. The molecule has 3 aromatic heterocycles. The number of halogens is 3. The van der Waals surface area contributed by atoms with E-state index in [9.17, 15) is 18.4 Å². The van der Waals surface area contributed by atoms with E-state index in [0.29, 0.717) is 11.5 Å². The molecule has 4 rings (SSSR count). The molecule has 1 aromatic carbocycles. The number of benzene rings is 1. The second-order valence-corrected chi connectivity index (χ2v) is 6.26. The van der Waals surface area contributed by atoms with Crippen LogP contribution in [0.1, 0.15) is 11.1 Å². The predicted molar refractivity (Wildman–Crippen MR) is 101 cm³/mol. The number of pyridine rings is 1. The smallest absolute Gasteiger partial charge is 0.345 e. The van der Waals surface area contributed by atoms with Crippen LogP contribution in [0.3, 0.4) is 0 Å². The molecule has 4 aromatic rings. The van der Waals surface area contributed by atoms with Crippen molar-refractivity contribution in [2.45, 2.75) is 6.18 Å². The zero-order valence-corrected chi connectivity index (χ0v) is 15.1. The maximum atomic E-state index is 13.1. The van der Waals surface area contributed by atoms with E-state index in [1.54, 1.807) is 11.9 Å². The molecule has 9 heteroatoms. The number of aromatic amines is 1. The second kappa shape index (κ2) is 6.91. The van der Waals surface area contributed by atoms with Crippen LogP contribution in [0.2, 0.25) is 0 Å². The quantitative estimate of drug-likeness (QED) is 0.546. The van der Waals surface area contributed by atoms with E-state index in [2.05, 4.69) is 19.9 Å². The number of para-hydroxylation sites is 1. The molecule has 1 N–H and O–H groups in total. The van der Waals surface area contributed by atoms with Crippen molar-refractivity contribution in [1.82, 2.24) is 19.9 Å². The Labute approximate surface area is 163 Å². The van der Waals surface area contributed by atoms with Gasteiger partial charge in [0.2, 0.25) is 5.95 Å². The molecule has 0 aliphatic carbocycles. The number of alkyl halides is 3. The summed E-state index contributed by atoms with van der Waals surface area (Å²) in [5.41, 5.74) is 0.943. The maximum absolute atomic E-state index is 13.1. The number of nitrogens with one attached hydrogen (secondary N) is 1. The molecule has 0 saturated carbocycles. The van der Waals surface area contributed by atoms with E-state index in [0.717, 1.165) is 18.0 Å². The van der Waals surface area contributed by atoms with Crippen LogP contribution in [-0.4, -0.2) is 27.0 Å². The van der Waals surface area contributed by atoms with E-state index < -0.39 is 11.7 Å². The Hall–Kier alpha value is -3.93. The van der Waals surface area contributed by atoms with Crippen molar-refractivity contribution < 1.29 is 13.2 Å². The van der Waals surface area contributed by atoms with E-state index >= 15 is 0 Å². The van der Waals surface area contributed by atoms with Gasteiger partial charge in [0.1, 0.15) is 11.7 Å². The first kappa shape index (κ1) is 18.4. The van der Waals surface area contributed by atoms with Gasteiger partial charge in [-0.3, -0.25) is 0 Å². The number of nitrogens with zero attached hydrogens (tertiary/aromatic N) is 5. The maximum Gasteiger partial charge on any atom is 0.417 e. The molecule has 29 heavy (non-hydrogen) atoms. The standard InChI is InChI=1S/C20H13F3N6/c1-29(14-5-3-2-4-6-14)19-27-9-12(8-24)17(28-19)16-11-26-18-15(16)7-13(10-25-18)20(21,22)23/h2-7,9-11H,1H3,(H,25,26). The number of rotatable bonds is 3. The van der Waals surface area contributed by atoms with Crippen molar-refractivity contribution in [3.05, 3.63) is 66.1 Å². The molecule has 6 nitrogen and oxygen atoms in total. The van der Waals surface area contributed by atoms with Gasteiger partial charge < -0.3 is 9.88 Å². The molecule has 0 saturated heterocycles. The van der Waals surface area contributed by atoms with Crippen molar-refractivity contribution in [2.75, 3.05) is 11.9 Å². The van der Waals surface area contributed by atoms with Gasteiger partial charge in [0, 0.05) is 36.1 Å². The number of H-pyrrole nitrogens is 1. The highest BCUT2D eigenvalue weighted by Gasteiger charge is 2.31. The van der Waals surface area contributed by atoms with Crippen LogP contribution in [0.15, 0.2) is 55.0 Å². The van der Waals surface area contributed by atoms with E-state index in [1.165, 1.54) is 12.4 Å². The molecule has 0 fully saturated rings. The van der Waals surface area contributed by atoms with Crippen molar-refractivity contribution in [3.63, 3.8) is 0 Å². The first-order chi connectivity index (χ1) is 13.9. The van der Waals surface area contributed by atoms with Crippen LogP contribution in [0.4, 0.5) is 24.8 Å². The van der Waals surface area contributed by atoms with Gasteiger partial charge in [-0.1, -0.05) is 18.2 Å². The lowest BCUT2D eigenvalue weighted by Crippen LogP contribution is -2.13. The molecule has 0 amide bonds. The molecule has 144 valence electrons. The Morgan fingerprint density at radius 3 is 2.55 bits per heavy atom. The Morgan fingerprint density at radius 2 is 1.86 bits per heavy atom. The van der Waals surface area contributed by atoms with Crippen LogP contribution in [0.5, 0.6) is 0 Å². The summed E-state index contributed by atoms with van der Waals surface area (Å²) in [5.74, 6) is 0.305. The van der Waals surface area contributed by atoms with Gasteiger partial charge in [-0.05, 0) is 18.2 Å². The summed E-state index contributed by atoms with van der Waals surface area (Å²) >= 11 is 0. The van der Waals surface area contributed by atoms with Crippen LogP contribution in [0, 0.1) is 11.3 Å². The van der Waals surface area contributed by atoms with Gasteiger partial charge in [0.15, 0.2) is 0 Å². The van der Waals surface area contributed by atoms with Crippen LogP contribution in [0.25, 0.3) is 22.3 Å². The molecular weight excluding hydrogens is 381 g/mol. The minimum Gasteiger partial charge on any atom is -0.345 e. The van der Waals surface area contributed by atoms with E-state index in [-0.39, 0.29) is 22.3 Å².